The van der Waals surface area contributed by atoms with Gasteiger partial charge >= 0.3 is 0 Å². The molecule has 1 saturated heterocycles. The maximum absolute atomic E-state index is 13.8. The Morgan fingerprint density at radius 2 is 2.00 bits per heavy atom. The van der Waals surface area contributed by atoms with Crippen molar-refractivity contribution in [3.63, 3.8) is 0 Å². The molecule has 2 nitrogen and oxygen atoms in total. The van der Waals surface area contributed by atoms with Crippen molar-refractivity contribution in [1.82, 2.24) is 10.2 Å². The molecule has 0 aliphatic carbocycles. The molecule has 96 valence electrons. The van der Waals surface area contributed by atoms with E-state index < -0.39 is 0 Å². The summed E-state index contributed by atoms with van der Waals surface area (Å²) in [7, 11) is 0. The maximum Gasteiger partial charge on any atom is 0.129 e. The molecule has 0 amide bonds. The van der Waals surface area contributed by atoms with E-state index in [2.05, 4.69) is 33.1 Å². The van der Waals surface area contributed by atoms with Crippen LogP contribution in [0.2, 0.25) is 0 Å². The van der Waals surface area contributed by atoms with E-state index in [1.165, 1.54) is 6.07 Å². The fourth-order valence-corrected chi connectivity index (χ4v) is 2.44. The van der Waals surface area contributed by atoms with E-state index in [0.717, 1.165) is 36.2 Å². The van der Waals surface area contributed by atoms with Crippen molar-refractivity contribution in [2.75, 3.05) is 26.2 Å². The highest BCUT2D eigenvalue weighted by molar-refractivity contribution is 9.10. The van der Waals surface area contributed by atoms with Crippen molar-refractivity contribution in [2.24, 2.45) is 0 Å². The summed E-state index contributed by atoms with van der Waals surface area (Å²) in [6.07, 6.45) is 0. The average Bonchev–Trinajstić information content (AvgIpc) is 2.29. The highest BCUT2D eigenvalue weighted by atomic mass is 79.9. The summed E-state index contributed by atoms with van der Waals surface area (Å²) < 4.78 is 14.6. The number of hydrogen-bond acceptors (Lipinski definition) is 2. The SMILES string of the molecule is C[C@@H](c1ccc(Br)cc1F)N1CCNCC1.Cl. The first kappa shape index (κ1) is 14.9. The van der Waals surface area contributed by atoms with Gasteiger partial charge in [0.1, 0.15) is 5.82 Å². The zero-order valence-electron chi connectivity index (χ0n) is 9.75. The first-order valence-electron chi connectivity index (χ1n) is 5.58. The molecule has 0 bridgehead atoms. The van der Waals surface area contributed by atoms with Gasteiger partial charge in [0.2, 0.25) is 0 Å². The third-order valence-corrected chi connectivity index (χ3v) is 3.61. The third-order valence-electron chi connectivity index (χ3n) is 3.11. The molecule has 0 aromatic heterocycles. The summed E-state index contributed by atoms with van der Waals surface area (Å²) in [4.78, 5) is 2.31. The number of halogens is 3. The van der Waals surface area contributed by atoms with Gasteiger partial charge in [-0.1, -0.05) is 22.0 Å². The second kappa shape index (κ2) is 6.69. The normalized spacial score (nSPS) is 18.5. The highest BCUT2D eigenvalue weighted by Crippen LogP contribution is 2.25. The molecule has 0 spiro atoms. The van der Waals surface area contributed by atoms with Gasteiger partial charge in [-0.05, 0) is 19.1 Å². The maximum atomic E-state index is 13.8. The van der Waals surface area contributed by atoms with Gasteiger partial charge < -0.3 is 5.32 Å². The van der Waals surface area contributed by atoms with E-state index in [-0.39, 0.29) is 24.3 Å². The van der Waals surface area contributed by atoms with Crippen LogP contribution in [0.5, 0.6) is 0 Å². The molecule has 1 aliphatic heterocycles. The summed E-state index contributed by atoms with van der Waals surface area (Å²) in [6, 6.07) is 5.45. The predicted molar refractivity (Wildman–Crippen MR) is 74.2 cm³/mol. The molecular formula is C12H17BrClFN2. The fourth-order valence-electron chi connectivity index (χ4n) is 2.11. The summed E-state index contributed by atoms with van der Waals surface area (Å²) >= 11 is 3.28. The van der Waals surface area contributed by atoms with Gasteiger partial charge in [0.25, 0.3) is 0 Å². The van der Waals surface area contributed by atoms with Crippen molar-refractivity contribution in [1.29, 1.82) is 0 Å². The van der Waals surface area contributed by atoms with E-state index in [9.17, 15) is 4.39 Å². The van der Waals surface area contributed by atoms with Crippen molar-refractivity contribution < 1.29 is 4.39 Å². The molecule has 1 aliphatic rings. The smallest absolute Gasteiger partial charge is 0.129 e. The van der Waals surface area contributed by atoms with Gasteiger partial charge in [-0.3, -0.25) is 4.90 Å². The summed E-state index contributed by atoms with van der Waals surface area (Å²) in [6.45, 7) is 6.01. The van der Waals surface area contributed by atoms with Crippen LogP contribution in [0.4, 0.5) is 4.39 Å². The van der Waals surface area contributed by atoms with Crippen molar-refractivity contribution in [2.45, 2.75) is 13.0 Å². The molecule has 0 unspecified atom stereocenters. The topological polar surface area (TPSA) is 15.3 Å². The molecule has 1 aromatic rings. The second-order valence-electron chi connectivity index (χ2n) is 4.13. The fraction of sp³-hybridized carbons (Fsp3) is 0.500. The molecule has 17 heavy (non-hydrogen) atoms. The average molecular weight is 324 g/mol. The van der Waals surface area contributed by atoms with E-state index >= 15 is 0 Å². The highest BCUT2D eigenvalue weighted by Gasteiger charge is 2.20. The zero-order chi connectivity index (χ0) is 11.5. The zero-order valence-corrected chi connectivity index (χ0v) is 12.2. The largest absolute Gasteiger partial charge is 0.314 e. The molecule has 1 atom stereocenters. The molecule has 1 heterocycles. The Labute approximate surface area is 116 Å². The van der Waals surface area contributed by atoms with Crippen molar-refractivity contribution in [3.05, 3.63) is 34.1 Å². The first-order valence-corrected chi connectivity index (χ1v) is 6.37. The molecule has 2 rings (SSSR count). The minimum Gasteiger partial charge on any atom is -0.314 e. The molecule has 5 heteroatoms. The Kier molecular flexibility index (Phi) is 5.86. The number of nitrogens with zero attached hydrogens (tertiary/aromatic N) is 1. The first-order chi connectivity index (χ1) is 7.68. The van der Waals surface area contributed by atoms with Gasteiger partial charge in [-0.25, -0.2) is 4.39 Å². The number of piperazine rings is 1. The second-order valence-corrected chi connectivity index (χ2v) is 5.04. The molecule has 1 aromatic carbocycles. The lowest BCUT2D eigenvalue weighted by Crippen LogP contribution is -2.44. The number of hydrogen-bond donors (Lipinski definition) is 1. The van der Waals surface area contributed by atoms with Crippen LogP contribution in [-0.2, 0) is 0 Å². The lowest BCUT2D eigenvalue weighted by Gasteiger charge is -2.33. The van der Waals surface area contributed by atoms with Crippen LogP contribution in [0.1, 0.15) is 18.5 Å². The number of benzene rings is 1. The van der Waals surface area contributed by atoms with Crippen molar-refractivity contribution >= 4 is 28.3 Å². The van der Waals surface area contributed by atoms with E-state index in [0.29, 0.717) is 0 Å². The van der Waals surface area contributed by atoms with Crippen LogP contribution in [0.15, 0.2) is 22.7 Å². The number of nitrogens with one attached hydrogen (secondary N) is 1. The van der Waals surface area contributed by atoms with Crippen molar-refractivity contribution in [3.8, 4) is 0 Å². The van der Waals surface area contributed by atoms with Crippen LogP contribution in [0.25, 0.3) is 0 Å². The Hall–Kier alpha value is -0.160. The van der Waals surface area contributed by atoms with Gasteiger partial charge in [-0.2, -0.15) is 0 Å². The van der Waals surface area contributed by atoms with Crippen LogP contribution in [-0.4, -0.2) is 31.1 Å². The minimum absolute atomic E-state index is 0. The van der Waals surface area contributed by atoms with Gasteiger partial charge in [-0.15, -0.1) is 12.4 Å². The lowest BCUT2D eigenvalue weighted by molar-refractivity contribution is 0.182. The predicted octanol–water partition coefficient (Wildman–Crippen LogP) is 2.98. The molecular weight excluding hydrogens is 307 g/mol. The monoisotopic (exact) mass is 322 g/mol. The van der Waals surface area contributed by atoms with E-state index in [4.69, 9.17) is 0 Å². The Balaban J connectivity index is 0.00000144. The molecule has 0 saturated carbocycles. The van der Waals surface area contributed by atoms with Crippen LogP contribution in [0, 0.1) is 5.82 Å². The van der Waals surface area contributed by atoms with E-state index in [1.54, 1.807) is 0 Å². The van der Waals surface area contributed by atoms with Gasteiger partial charge in [0.05, 0.1) is 0 Å². The Bertz CT molecular complexity index is 370. The summed E-state index contributed by atoms with van der Waals surface area (Å²) in [5.74, 6) is -0.125. The third kappa shape index (κ3) is 3.65. The Morgan fingerprint density at radius 3 is 2.59 bits per heavy atom. The molecule has 1 N–H and O–H groups in total. The minimum atomic E-state index is -0.125. The lowest BCUT2D eigenvalue weighted by atomic mass is 10.1. The molecule has 0 radical (unpaired) electrons. The summed E-state index contributed by atoms with van der Waals surface area (Å²) in [5.41, 5.74) is 0.783. The van der Waals surface area contributed by atoms with Crippen LogP contribution >= 0.6 is 28.3 Å². The van der Waals surface area contributed by atoms with Crippen LogP contribution < -0.4 is 5.32 Å². The summed E-state index contributed by atoms with van der Waals surface area (Å²) in [5, 5.41) is 3.30. The quantitative estimate of drug-likeness (QED) is 0.900. The van der Waals surface area contributed by atoms with Crippen LogP contribution in [0.3, 0.4) is 0 Å². The standard InChI is InChI=1S/C12H16BrFN2.ClH/c1-9(16-6-4-15-5-7-16)11-3-2-10(13)8-12(11)14;/h2-3,8-9,15H,4-7H2,1H3;1H/t9-;/m0./s1. The molecule has 1 fully saturated rings. The van der Waals surface area contributed by atoms with Gasteiger partial charge in [0.15, 0.2) is 0 Å². The van der Waals surface area contributed by atoms with E-state index in [1.807, 2.05) is 12.1 Å². The number of rotatable bonds is 2. The Morgan fingerprint density at radius 1 is 1.35 bits per heavy atom. The van der Waals surface area contributed by atoms with Gasteiger partial charge in [0, 0.05) is 42.3 Å².